The highest BCUT2D eigenvalue weighted by atomic mass is 19.2. The largest absolute Gasteiger partial charge is 0.377 e. The molecule has 0 amide bonds. The van der Waals surface area contributed by atoms with Crippen molar-refractivity contribution in [3.05, 3.63) is 47.0 Å². The molecule has 2 aromatic rings. The summed E-state index contributed by atoms with van der Waals surface area (Å²) in [6.07, 6.45) is 0. The molecule has 1 aromatic heterocycles. The van der Waals surface area contributed by atoms with E-state index >= 15 is 0 Å². The van der Waals surface area contributed by atoms with Crippen LogP contribution in [-0.4, -0.2) is 9.78 Å². The molecule has 19 heavy (non-hydrogen) atoms. The van der Waals surface area contributed by atoms with Gasteiger partial charge < -0.3 is 5.32 Å². The smallest absolute Gasteiger partial charge is 0.182 e. The van der Waals surface area contributed by atoms with E-state index in [1.54, 1.807) is 4.68 Å². The van der Waals surface area contributed by atoms with Gasteiger partial charge in [-0.15, -0.1) is 0 Å². The zero-order valence-corrected chi connectivity index (χ0v) is 10.7. The Morgan fingerprint density at radius 3 is 2.63 bits per heavy atom. The number of benzene rings is 1. The maximum Gasteiger partial charge on any atom is 0.182 e. The van der Waals surface area contributed by atoms with E-state index < -0.39 is 17.5 Å². The molecule has 0 saturated carbocycles. The zero-order chi connectivity index (χ0) is 14.0. The van der Waals surface area contributed by atoms with Crippen LogP contribution in [0.4, 0.5) is 18.9 Å². The minimum absolute atomic E-state index is 0.195. The third-order valence-electron chi connectivity index (χ3n) is 2.74. The van der Waals surface area contributed by atoms with Gasteiger partial charge in [-0.3, -0.25) is 4.68 Å². The SMILES string of the molecule is CCn1nc(C)cc1CNc1cc(F)cc(F)c1F. The summed E-state index contributed by atoms with van der Waals surface area (Å²) in [5.74, 6) is -3.11. The molecule has 0 atom stereocenters. The lowest BCUT2D eigenvalue weighted by atomic mass is 10.2. The molecule has 0 aliphatic rings. The van der Waals surface area contributed by atoms with Gasteiger partial charge in [0, 0.05) is 18.7 Å². The Bertz CT molecular complexity index is 593. The highest BCUT2D eigenvalue weighted by Crippen LogP contribution is 2.20. The molecule has 3 nitrogen and oxygen atoms in total. The molecule has 0 radical (unpaired) electrons. The molecule has 0 unspecified atom stereocenters. The molecule has 102 valence electrons. The first-order valence-corrected chi connectivity index (χ1v) is 5.93. The summed E-state index contributed by atoms with van der Waals surface area (Å²) < 4.78 is 41.3. The number of rotatable bonds is 4. The maximum absolute atomic E-state index is 13.4. The summed E-state index contributed by atoms with van der Waals surface area (Å²) in [5.41, 5.74) is 1.47. The van der Waals surface area contributed by atoms with E-state index in [-0.39, 0.29) is 12.2 Å². The van der Waals surface area contributed by atoms with Gasteiger partial charge in [-0.2, -0.15) is 5.10 Å². The van der Waals surface area contributed by atoms with E-state index in [1.165, 1.54) is 0 Å². The van der Waals surface area contributed by atoms with Crippen molar-refractivity contribution < 1.29 is 13.2 Å². The highest BCUT2D eigenvalue weighted by Gasteiger charge is 2.11. The second kappa shape index (κ2) is 5.34. The van der Waals surface area contributed by atoms with Crippen LogP contribution in [0.2, 0.25) is 0 Å². The summed E-state index contributed by atoms with van der Waals surface area (Å²) in [4.78, 5) is 0. The number of hydrogen-bond donors (Lipinski definition) is 1. The fourth-order valence-corrected chi connectivity index (χ4v) is 1.89. The van der Waals surface area contributed by atoms with E-state index in [4.69, 9.17) is 0 Å². The van der Waals surface area contributed by atoms with Crippen LogP contribution in [0.15, 0.2) is 18.2 Å². The zero-order valence-electron chi connectivity index (χ0n) is 10.7. The van der Waals surface area contributed by atoms with Gasteiger partial charge in [0.25, 0.3) is 0 Å². The predicted molar refractivity (Wildman–Crippen MR) is 66.3 cm³/mol. The van der Waals surface area contributed by atoms with E-state index in [0.717, 1.165) is 17.5 Å². The number of anilines is 1. The Kier molecular flexibility index (Phi) is 3.78. The Morgan fingerprint density at radius 2 is 1.95 bits per heavy atom. The minimum atomic E-state index is -1.21. The van der Waals surface area contributed by atoms with Crippen LogP contribution < -0.4 is 5.32 Å². The van der Waals surface area contributed by atoms with Crippen LogP contribution in [0.1, 0.15) is 18.3 Å². The van der Waals surface area contributed by atoms with Gasteiger partial charge in [0.15, 0.2) is 11.6 Å². The van der Waals surface area contributed by atoms with E-state index in [0.29, 0.717) is 12.6 Å². The summed E-state index contributed by atoms with van der Waals surface area (Å²) in [7, 11) is 0. The Labute approximate surface area is 109 Å². The normalized spacial score (nSPS) is 10.8. The van der Waals surface area contributed by atoms with Crippen LogP contribution in [0.25, 0.3) is 0 Å². The number of hydrogen-bond acceptors (Lipinski definition) is 2. The molecule has 2 rings (SSSR count). The van der Waals surface area contributed by atoms with E-state index in [9.17, 15) is 13.2 Å². The monoisotopic (exact) mass is 269 g/mol. The van der Waals surface area contributed by atoms with Gasteiger partial charge in [0.05, 0.1) is 23.6 Å². The summed E-state index contributed by atoms with van der Waals surface area (Å²) in [6.45, 7) is 4.69. The van der Waals surface area contributed by atoms with Gasteiger partial charge in [-0.05, 0) is 19.9 Å². The first kappa shape index (κ1) is 13.5. The number of aryl methyl sites for hydroxylation is 2. The van der Waals surface area contributed by atoms with Gasteiger partial charge in [0.1, 0.15) is 5.82 Å². The molecule has 1 aromatic carbocycles. The summed E-state index contributed by atoms with van der Waals surface area (Å²) in [5, 5.41) is 6.92. The molecule has 0 fully saturated rings. The Balaban J connectivity index is 2.18. The minimum Gasteiger partial charge on any atom is -0.377 e. The maximum atomic E-state index is 13.4. The van der Waals surface area contributed by atoms with Crippen LogP contribution in [0, 0.1) is 24.4 Å². The molecule has 1 N–H and O–H groups in total. The van der Waals surface area contributed by atoms with Crippen LogP contribution in [-0.2, 0) is 13.1 Å². The molecule has 0 aliphatic carbocycles. The molecular formula is C13H14F3N3. The molecule has 0 saturated heterocycles. The number of halogens is 3. The summed E-state index contributed by atoms with van der Waals surface area (Å²) >= 11 is 0. The number of nitrogens with one attached hydrogen (secondary N) is 1. The second-order valence-electron chi connectivity index (χ2n) is 4.20. The fraction of sp³-hybridized carbons (Fsp3) is 0.308. The molecule has 6 heteroatoms. The van der Waals surface area contributed by atoms with Crippen LogP contribution in [0.5, 0.6) is 0 Å². The molecular weight excluding hydrogens is 255 g/mol. The Hall–Kier alpha value is -1.98. The van der Waals surface area contributed by atoms with Crippen molar-refractivity contribution in [2.45, 2.75) is 26.9 Å². The lowest BCUT2D eigenvalue weighted by molar-refractivity contribution is 0.497. The van der Waals surface area contributed by atoms with Crippen molar-refractivity contribution in [3.8, 4) is 0 Å². The van der Waals surface area contributed by atoms with Crippen molar-refractivity contribution in [2.75, 3.05) is 5.32 Å². The number of aromatic nitrogens is 2. The van der Waals surface area contributed by atoms with Gasteiger partial charge in [0.2, 0.25) is 0 Å². The third kappa shape index (κ3) is 2.89. The quantitative estimate of drug-likeness (QED) is 0.863. The average Bonchev–Trinajstić information content (AvgIpc) is 2.72. The standard InChI is InChI=1S/C13H14F3N3/c1-3-19-10(4-8(2)18-19)7-17-12-6-9(14)5-11(15)13(12)16/h4-6,17H,3,7H2,1-2H3. The predicted octanol–water partition coefficient (Wildman–Crippen LogP) is 3.24. The van der Waals surface area contributed by atoms with Crippen molar-refractivity contribution in [1.82, 2.24) is 9.78 Å². The van der Waals surface area contributed by atoms with E-state index in [2.05, 4.69) is 10.4 Å². The van der Waals surface area contributed by atoms with Gasteiger partial charge >= 0.3 is 0 Å². The number of nitrogens with zero attached hydrogens (tertiary/aromatic N) is 2. The molecule has 0 spiro atoms. The van der Waals surface area contributed by atoms with Gasteiger partial charge in [-0.1, -0.05) is 0 Å². The fourth-order valence-electron chi connectivity index (χ4n) is 1.89. The topological polar surface area (TPSA) is 29.9 Å². The molecule has 0 bridgehead atoms. The van der Waals surface area contributed by atoms with Crippen molar-refractivity contribution >= 4 is 5.69 Å². The lowest BCUT2D eigenvalue weighted by Crippen LogP contribution is -2.09. The van der Waals surface area contributed by atoms with Crippen molar-refractivity contribution in [3.63, 3.8) is 0 Å². The van der Waals surface area contributed by atoms with Crippen molar-refractivity contribution in [2.24, 2.45) is 0 Å². The average molecular weight is 269 g/mol. The first-order chi connectivity index (χ1) is 9.01. The first-order valence-electron chi connectivity index (χ1n) is 5.93. The highest BCUT2D eigenvalue weighted by molar-refractivity contribution is 5.45. The molecule has 0 aliphatic heterocycles. The Morgan fingerprint density at radius 1 is 1.21 bits per heavy atom. The van der Waals surface area contributed by atoms with Crippen molar-refractivity contribution in [1.29, 1.82) is 0 Å². The van der Waals surface area contributed by atoms with E-state index in [1.807, 2.05) is 19.9 Å². The van der Waals surface area contributed by atoms with Crippen LogP contribution in [0.3, 0.4) is 0 Å². The molecule has 1 heterocycles. The third-order valence-corrected chi connectivity index (χ3v) is 2.74. The second-order valence-corrected chi connectivity index (χ2v) is 4.20. The van der Waals surface area contributed by atoms with Crippen LogP contribution >= 0.6 is 0 Å². The lowest BCUT2D eigenvalue weighted by Gasteiger charge is -2.09. The summed E-state index contributed by atoms with van der Waals surface area (Å²) in [6, 6.07) is 3.28. The van der Waals surface area contributed by atoms with Gasteiger partial charge in [-0.25, -0.2) is 13.2 Å².